The molecule has 7 nitrogen and oxygen atoms in total. The fourth-order valence-electron chi connectivity index (χ4n) is 2.68. The molecular formula is C18H16F3N5O2. The summed E-state index contributed by atoms with van der Waals surface area (Å²) in [5.74, 6) is -0.476. The molecule has 0 aliphatic carbocycles. The van der Waals surface area contributed by atoms with Crippen molar-refractivity contribution >= 4 is 5.91 Å². The number of nitrogens with zero attached hydrogens (tertiary/aromatic N) is 4. The average Bonchev–Trinajstić information content (AvgIpc) is 2.96. The molecule has 146 valence electrons. The number of aromatic nitrogens is 4. The van der Waals surface area contributed by atoms with Gasteiger partial charge in [0.1, 0.15) is 0 Å². The van der Waals surface area contributed by atoms with Gasteiger partial charge in [0.15, 0.2) is 5.82 Å². The van der Waals surface area contributed by atoms with Gasteiger partial charge in [0.2, 0.25) is 0 Å². The monoisotopic (exact) mass is 391 g/mol. The van der Waals surface area contributed by atoms with Gasteiger partial charge < -0.3 is 5.32 Å². The number of carbonyl (C=O) groups excluding carboxylic acids is 1. The zero-order chi connectivity index (χ0) is 20.3. The van der Waals surface area contributed by atoms with Gasteiger partial charge in [-0.25, -0.2) is 9.48 Å². The Morgan fingerprint density at radius 3 is 2.61 bits per heavy atom. The van der Waals surface area contributed by atoms with Crippen molar-refractivity contribution in [2.24, 2.45) is 7.05 Å². The van der Waals surface area contributed by atoms with Crippen LogP contribution in [0.5, 0.6) is 0 Å². The first-order valence-electron chi connectivity index (χ1n) is 8.27. The Balaban J connectivity index is 1.71. The first-order chi connectivity index (χ1) is 13.3. The number of benzene rings is 1. The van der Waals surface area contributed by atoms with Gasteiger partial charge >= 0.3 is 11.9 Å². The molecular weight excluding hydrogens is 375 g/mol. The van der Waals surface area contributed by atoms with Gasteiger partial charge in [0.05, 0.1) is 17.7 Å². The molecule has 0 fully saturated rings. The predicted octanol–water partition coefficient (Wildman–Crippen LogP) is 2.09. The summed E-state index contributed by atoms with van der Waals surface area (Å²) in [6.07, 6.45) is -1.49. The molecule has 0 atom stereocenters. The minimum atomic E-state index is -4.63. The molecule has 0 saturated heterocycles. The number of halogens is 3. The first kappa shape index (κ1) is 19.3. The molecule has 28 heavy (non-hydrogen) atoms. The topological polar surface area (TPSA) is 81.8 Å². The Labute approximate surface area is 157 Å². The number of nitrogens with one attached hydrogen (secondary N) is 1. The van der Waals surface area contributed by atoms with Crippen molar-refractivity contribution < 1.29 is 18.0 Å². The van der Waals surface area contributed by atoms with Gasteiger partial charge in [0.25, 0.3) is 5.91 Å². The zero-order valence-electron chi connectivity index (χ0n) is 14.8. The molecule has 10 heteroatoms. The fraction of sp³-hybridized carbons (Fsp3) is 0.222. The van der Waals surface area contributed by atoms with Crippen LogP contribution < -0.4 is 11.0 Å². The van der Waals surface area contributed by atoms with Gasteiger partial charge in [-0.2, -0.15) is 13.2 Å². The number of amides is 1. The standard InChI is InChI=1S/C18H16F3N5O2/c1-25-15(12-5-4-8-22-11-12)24-26(17(25)28)10-9-23-16(27)13-6-2-3-7-14(13)18(19,20)21/h2-8,11H,9-10H2,1H3,(H,23,27). The second-order valence-corrected chi connectivity index (χ2v) is 5.93. The Kier molecular flexibility index (Phi) is 5.30. The second-order valence-electron chi connectivity index (χ2n) is 5.93. The highest BCUT2D eigenvalue weighted by Gasteiger charge is 2.34. The number of alkyl halides is 3. The summed E-state index contributed by atoms with van der Waals surface area (Å²) < 4.78 is 41.5. The third kappa shape index (κ3) is 3.95. The molecule has 2 heterocycles. The molecule has 0 bridgehead atoms. The van der Waals surface area contributed by atoms with E-state index in [-0.39, 0.29) is 13.1 Å². The third-order valence-electron chi connectivity index (χ3n) is 4.05. The SMILES string of the molecule is Cn1c(-c2cccnc2)nn(CCNC(=O)c2ccccc2C(F)(F)F)c1=O. The molecule has 1 N–H and O–H groups in total. The maximum absolute atomic E-state index is 13.0. The number of carbonyl (C=O) groups is 1. The minimum Gasteiger partial charge on any atom is -0.350 e. The Bertz CT molecular complexity index is 1040. The van der Waals surface area contributed by atoms with E-state index in [1.54, 1.807) is 31.6 Å². The molecule has 0 unspecified atom stereocenters. The van der Waals surface area contributed by atoms with Gasteiger partial charge in [-0.3, -0.25) is 14.3 Å². The molecule has 0 spiro atoms. The van der Waals surface area contributed by atoms with E-state index in [2.05, 4.69) is 15.4 Å². The van der Waals surface area contributed by atoms with Crippen LogP contribution in [0.15, 0.2) is 53.6 Å². The highest BCUT2D eigenvalue weighted by molar-refractivity contribution is 5.95. The van der Waals surface area contributed by atoms with Crippen molar-refractivity contribution in [1.29, 1.82) is 0 Å². The molecule has 1 aromatic carbocycles. The number of hydrogen-bond donors (Lipinski definition) is 1. The summed E-state index contributed by atoms with van der Waals surface area (Å²) in [5.41, 5.74) is -1.26. The maximum atomic E-state index is 13.0. The normalized spacial score (nSPS) is 11.4. The minimum absolute atomic E-state index is 0.00681. The van der Waals surface area contributed by atoms with Crippen LogP contribution in [0.4, 0.5) is 13.2 Å². The lowest BCUT2D eigenvalue weighted by atomic mass is 10.1. The van der Waals surface area contributed by atoms with E-state index >= 15 is 0 Å². The van der Waals surface area contributed by atoms with E-state index in [4.69, 9.17) is 0 Å². The lowest BCUT2D eigenvalue weighted by molar-refractivity contribution is -0.137. The molecule has 0 aliphatic heterocycles. The number of pyridine rings is 1. The zero-order valence-corrected chi connectivity index (χ0v) is 14.8. The van der Waals surface area contributed by atoms with E-state index in [1.807, 2.05) is 0 Å². The van der Waals surface area contributed by atoms with Crippen LogP contribution in [0.1, 0.15) is 15.9 Å². The highest BCUT2D eigenvalue weighted by Crippen LogP contribution is 2.31. The Morgan fingerprint density at radius 1 is 1.18 bits per heavy atom. The summed E-state index contributed by atoms with van der Waals surface area (Å²) in [6.45, 7) is -0.0543. The lowest BCUT2D eigenvalue weighted by Gasteiger charge is -2.12. The molecule has 1 amide bonds. The third-order valence-corrected chi connectivity index (χ3v) is 4.05. The summed E-state index contributed by atoms with van der Waals surface area (Å²) in [7, 11) is 1.55. The van der Waals surface area contributed by atoms with Crippen molar-refractivity contribution in [3.05, 3.63) is 70.4 Å². The van der Waals surface area contributed by atoms with Crippen LogP contribution in [0.25, 0.3) is 11.4 Å². The highest BCUT2D eigenvalue weighted by atomic mass is 19.4. The van der Waals surface area contributed by atoms with Crippen molar-refractivity contribution in [2.45, 2.75) is 12.7 Å². The first-order valence-corrected chi connectivity index (χ1v) is 8.27. The lowest BCUT2D eigenvalue weighted by Crippen LogP contribution is -2.32. The average molecular weight is 391 g/mol. The summed E-state index contributed by atoms with van der Waals surface area (Å²) in [6, 6.07) is 7.97. The summed E-state index contributed by atoms with van der Waals surface area (Å²) in [5, 5.41) is 6.60. The largest absolute Gasteiger partial charge is 0.417 e. The second kappa shape index (κ2) is 7.67. The fourth-order valence-corrected chi connectivity index (χ4v) is 2.68. The maximum Gasteiger partial charge on any atom is 0.417 e. The van der Waals surface area contributed by atoms with Crippen molar-refractivity contribution in [2.75, 3.05) is 6.54 Å². The molecule has 0 aliphatic rings. The molecule has 2 aromatic heterocycles. The van der Waals surface area contributed by atoms with Crippen molar-refractivity contribution in [3.63, 3.8) is 0 Å². The van der Waals surface area contributed by atoms with Gasteiger partial charge in [-0.05, 0) is 24.3 Å². The van der Waals surface area contributed by atoms with Crippen LogP contribution in [0, 0.1) is 0 Å². The Hall–Kier alpha value is -3.43. The number of rotatable bonds is 5. The molecule has 0 saturated carbocycles. The van der Waals surface area contributed by atoms with Crippen molar-refractivity contribution in [3.8, 4) is 11.4 Å². The van der Waals surface area contributed by atoms with Crippen LogP contribution >= 0.6 is 0 Å². The molecule has 3 aromatic rings. The number of hydrogen-bond acceptors (Lipinski definition) is 4. The van der Waals surface area contributed by atoms with Crippen LogP contribution in [-0.2, 0) is 19.8 Å². The smallest absolute Gasteiger partial charge is 0.350 e. The van der Waals surface area contributed by atoms with E-state index in [1.165, 1.54) is 16.7 Å². The molecule has 3 rings (SSSR count). The summed E-state index contributed by atoms with van der Waals surface area (Å²) >= 11 is 0. The van der Waals surface area contributed by atoms with Crippen LogP contribution in [-0.4, -0.2) is 31.8 Å². The van der Waals surface area contributed by atoms with Crippen molar-refractivity contribution in [1.82, 2.24) is 24.6 Å². The Morgan fingerprint density at radius 2 is 1.93 bits per heavy atom. The van der Waals surface area contributed by atoms with Gasteiger partial charge in [-0.15, -0.1) is 5.10 Å². The van der Waals surface area contributed by atoms with Gasteiger partial charge in [0, 0.05) is 31.5 Å². The van der Waals surface area contributed by atoms with E-state index in [0.717, 1.165) is 16.8 Å². The predicted molar refractivity (Wildman–Crippen MR) is 94.5 cm³/mol. The van der Waals surface area contributed by atoms with E-state index in [0.29, 0.717) is 11.4 Å². The van der Waals surface area contributed by atoms with Crippen LogP contribution in [0.3, 0.4) is 0 Å². The summed E-state index contributed by atoms with van der Waals surface area (Å²) in [4.78, 5) is 28.4. The molecule has 0 radical (unpaired) electrons. The van der Waals surface area contributed by atoms with Crippen LogP contribution in [0.2, 0.25) is 0 Å². The van der Waals surface area contributed by atoms with E-state index < -0.39 is 28.9 Å². The van der Waals surface area contributed by atoms with Gasteiger partial charge in [-0.1, -0.05) is 12.1 Å². The van der Waals surface area contributed by atoms with E-state index in [9.17, 15) is 22.8 Å². The quantitative estimate of drug-likeness (QED) is 0.722.